The summed E-state index contributed by atoms with van der Waals surface area (Å²) in [7, 11) is 1.61. The lowest BCUT2D eigenvalue weighted by atomic mass is 9.92. The van der Waals surface area contributed by atoms with Gasteiger partial charge in [0, 0.05) is 41.7 Å². The molecule has 0 fully saturated rings. The Morgan fingerprint density at radius 3 is 2.33 bits per heavy atom. The molecule has 0 unspecified atom stereocenters. The molecule has 6 nitrogen and oxygen atoms in total. The summed E-state index contributed by atoms with van der Waals surface area (Å²) in [6.07, 6.45) is 6.02. The quantitative estimate of drug-likeness (QED) is 0.761. The highest BCUT2D eigenvalue weighted by Crippen LogP contribution is 2.31. The molecule has 27 heavy (non-hydrogen) atoms. The zero-order valence-corrected chi connectivity index (χ0v) is 16.9. The van der Waals surface area contributed by atoms with E-state index in [2.05, 4.69) is 41.8 Å². The maximum Gasteiger partial charge on any atom is 0.222 e. The molecule has 3 aromatic rings. The lowest BCUT2D eigenvalue weighted by molar-refractivity contribution is 0.402. The minimum atomic E-state index is -0.523. The Kier molecular flexibility index (Phi) is 4.86. The average Bonchev–Trinajstić information content (AvgIpc) is 2.59. The molecule has 142 valence electrons. The summed E-state index contributed by atoms with van der Waals surface area (Å²) >= 11 is 0. The highest BCUT2D eigenvalue weighted by molar-refractivity contribution is 5.89. The molecule has 3 heterocycles. The molecule has 0 atom stereocenters. The lowest BCUT2D eigenvalue weighted by Crippen LogP contribution is -2.29. The normalized spacial score (nSPS) is 12.4. The Balaban J connectivity index is 2.06. The van der Waals surface area contributed by atoms with E-state index in [0.717, 1.165) is 33.5 Å². The Morgan fingerprint density at radius 1 is 0.963 bits per heavy atom. The molecule has 0 saturated heterocycles. The number of ether oxygens (including phenoxy) is 1. The van der Waals surface area contributed by atoms with Crippen molar-refractivity contribution in [2.24, 2.45) is 5.73 Å². The number of fused-ring (bicyclic) bond motifs is 1. The maximum absolute atomic E-state index is 6.36. The number of hydrogen-bond acceptors (Lipinski definition) is 6. The van der Waals surface area contributed by atoms with Gasteiger partial charge in [-0.05, 0) is 36.9 Å². The van der Waals surface area contributed by atoms with Crippen LogP contribution in [0.2, 0.25) is 0 Å². The van der Waals surface area contributed by atoms with Gasteiger partial charge in [-0.1, -0.05) is 20.8 Å². The van der Waals surface area contributed by atoms with Gasteiger partial charge in [-0.3, -0.25) is 4.98 Å². The van der Waals surface area contributed by atoms with Gasteiger partial charge < -0.3 is 10.5 Å². The molecule has 0 aliphatic rings. The third-order valence-electron chi connectivity index (χ3n) is 4.43. The molecule has 0 saturated carbocycles. The van der Waals surface area contributed by atoms with E-state index in [-0.39, 0.29) is 5.41 Å². The van der Waals surface area contributed by atoms with Gasteiger partial charge in [0.05, 0.1) is 18.2 Å². The van der Waals surface area contributed by atoms with Crippen LogP contribution in [0.3, 0.4) is 0 Å². The van der Waals surface area contributed by atoms with Crippen LogP contribution >= 0.6 is 0 Å². The number of pyridine rings is 2. The number of rotatable bonds is 4. The van der Waals surface area contributed by atoms with Crippen molar-refractivity contribution in [3.63, 3.8) is 0 Å². The number of nitrogens with two attached hydrogens (primary N) is 1. The van der Waals surface area contributed by atoms with E-state index in [1.807, 2.05) is 26.1 Å². The van der Waals surface area contributed by atoms with Gasteiger partial charge in [0.2, 0.25) is 5.88 Å². The van der Waals surface area contributed by atoms with Crippen LogP contribution in [0.4, 0.5) is 0 Å². The third-order valence-corrected chi connectivity index (χ3v) is 4.43. The molecular formula is C21H27N5O. The van der Waals surface area contributed by atoms with Crippen molar-refractivity contribution in [3.8, 4) is 5.88 Å². The molecule has 0 aromatic carbocycles. The van der Waals surface area contributed by atoms with Crippen molar-refractivity contribution in [1.82, 2.24) is 19.9 Å². The van der Waals surface area contributed by atoms with Gasteiger partial charge in [0.1, 0.15) is 5.82 Å². The Labute approximate surface area is 160 Å². The van der Waals surface area contributed by atoms with Gasteiger partial charge in [0.15, 0.2) is 0 Å². The van der Waals surface area contributed by atoms with Crippen LogP contribution in [0.15, 0.2) is 30.7 Å². The summed E-state index contributed by atoms with van der Waals surface area (Å²) in [5, 5.41) is 1.86. The maximum atomic E-state index is 6.36. The Morgan fingerprint density at radius 2 is 1.70 bits per heavy atom. The van der Waals surface area contributed by atoms with Crippen molar-refractivity contribution in [2.75, 3.05) is 7.11 Å². The van der Waals surface area contributed by atoms with Crippen molar-refractivity contribution < 1.29 is 4.74 Å². The summed E-state index contributed by atoms with van der Waals surface area (Å²) in [6.45, 7) is 10.3. The number of aromatic nitrogens is 4. The van der Waals surface area contributed by atoms with Crippen molar-refractivity contribution >= 4 is 10.8 Å². The van der Waals surface area contributed by atoms with Gasteiger partial charge in [-0.15, -0.1) is 0 Å². The second kappa shape index (κ2) is 6.85. The van der Waals surface area contributed by atoms with Crippen molar-refractivity contribution in [1.29, 1.82) is 0 Å². The van der Waals surface area contributed by atoms with E-state index in [0.29, 0.717) is 12.3 Å². The number of hydrogen-bond donors (Lipinski definition) is 1. The molecule has 0 radical (unpaired) electrons. The van der Waals surface area contributed by atoms with Gasteiger partial charge in [-0.25, -0.2) is 15.0 Å². The van der Waals surface area contributed by atoms with Crippen LogP contribution in [0.1, 0.15) is 57.4 Å². The van der Waals surface area contributed by atoms with Gasteiger partial charge >= 0.3 is 0 Å². The largest absolute Gasteiger partial charge is 0.481 e. The second-order valence-electron chi connectivity index (χ2n) is 8.42. The predicted octanol–water partition coefficient (Wildman–Crippen LogP) is 3.51. The first-order chi connectivity index (χ1) is 12.6. The SMILES string of the molecule is COc1ncc(C(C)(C)N)c2cc(Cc3ccnc(C(C)(C)C)n3)ncc12. The molecule has 2 N–H and O–H groups in total. The van der Waals surface area contributed by atoms with Crippen LogP contribution < -0.4 is 10.5 Å². The smallest absolute Gasteiger partial charge is 0.222 e. The molecule has 0 bridgehead atoms. The van der Waals surface area contributed by atoms with E-state index >= 15 is 0 Å². The topological polar surface area (TPSA) is 86.8 Å². The van der Waals surface area contributed by atoms with Crippen molar-refractivity contribution in [2.45, 2.75) is 52.0 Å². The molecule has 0 spiro atoms. The van der Waals surface area contributed by atoms with Crippen molar-refractivity contribution in [3.05, 3.63) is 53.5 Å². The molecule has 3 rings (SSSR count). The average molecular weight is 365 g/mol. The summed E-state index contributed by atoms with van der Waals surface area (Å²) in [5.41, 5.74) is 8.56. The Bertz CT molecular complexity index is 970. The van der Waals surface area contributed by atoms with Crippen LogP contribution in [-0.4, -0.2) is 27.0 Å². The summed E-state index contributed by atoms with van der Waals surface area (Å²) in [5.74, 6) is 1.38. The lowest BCUT2D eigenvalue weighted by Gasteiger charge is -2.22. The summed E-state index contributed by atoms with van der Waals surface area (Å²) < 4.78 is 5.39. The van der Waals surface area contributed by atoms with Gasteiger partial charge in [-0.2, -0.15) is 0 Å². The minimum absolute atomic E-state index is 0.0946. The van der Waals surface area contributed by atoms with E-state index in [1.54, 1.807) is 19.5 Å². The number of methoxy groups -OCH3 is 1. The third kappa shape index (κ3) is 4.06. The first-order valence-electron chi connectivity index (χ1n) is 9.03. The Hall–Kier alpha value is -2.60. The molecule has 0 aliphatic carbocycles. The van der Waals surface area contributed by atoms with E-state index in [4.69, 9.17) is 15.5 Å². The molecule has 6 heteroatoms. The van der Waals surface area contributed by atoms with Crippen LogP contribution in [-0.2, 0) is 17.4 Å². The van der Waals surface area contributed by atoms with Gasteiger partial charge in [0.25, 0.3) is 0 Å². The first kappa shape index (κ1) is 19.2. The minimum Gasteiger partial charge on any atom is -0.481 e. The van der Waals surface area contributed by atoms with E-state index < -0.39 is 5.54 Å². The number of nitrogens with zero attached hydrogens (tertiary/aromatic N) is 4. The predicted molar refractivity (Wildman–Crippen MR) is 107 cm³/mol. The molecule has 3 aromatic heterocycles. The second-order valence-corrected chi connectivity index (χ2v) is 8.42. The van der Waals surface area contributed by atoms with E-state index in [1.165, 1.54) is 0 Å². The van der Waals surface area contributed by atoms with Crippen LogP contribution in [0, 0.1) is 0 Å². The summed E-state index contributed by atoms with van der Waals surface area (Å²) in [4.78, 5) is 18.1. The fourth-order valence-electron chi connectivity index (χ4n) is 2.97. The van der Waals surface area contributed by atoms with Crippen LogP contribution in [0.5, 0.6) is 5.88 Å². The highest BCUT2D eigenvalue weighted by atomic mass is 16.5. The van der Waals surface area contributed by atoms with Crippen LogP contribution in [0.25, 0.3) is 10.8 Å². The monoisotopic (exact) mass is 365 g/mol. The molecule has 0 amide bonds. The molecule has 0 aliphatic heterocycles. The standard InChI is InChI=1S/C21H27N5O/c1-20(2,3)19-23-8-7-13(26-19)9-14-10-15-16(11-24-14)18(27-6)25-12-17(15)21(4,5)22/h7-8,10-12H,9,22H2,1-6H3. The first-order valence-corrected chi connectivity index (χ1v) is 9.03. The highest BCUT2D eigenvalue weighted by Gasteiger charge is 2.21. The summed E-state index contributed by atoms with van der Waals surface area (Å²) in [6, 6.07) is 3.99. The fourth-order valence-corrected chi connectivity index (χ4v) is 2.97. The fraction of sp³-hybridized carbons (Fsp3) is 0.429. The van der Waals surface area contributed by atoms with E-state index in [9.17, 15) is 0 Å². The zero-order valence-electron chi connectivity index (χ0n) is 16.9. The zero-order chi connectivity index (χ0) is 19.8. The molecular weight excluding hydrogens is 338 g/mol.